The number of anilines is 1. The van der Waals surface area contributed by atoms with Gasteiger partial charge in [-0.15, -0.1) is 0 Å². The number of aromatic nitrogens is 2. The van der Waals surface area contributed by atoms with E-state index in [1.165, 1.54) is 6.33 Å². The molecule has 0 saturated heterocycles. The van der Waals surface area contributed by atoms with E-state index in [0.717, 1.165) is 27.9 Å². The van der Waals surface area contributed by atoms with E-state index in [9.17, 15) is 4.79 Å². The molecule has 0 atom stereocenters. The Kier molecular flexibility index (Phi) is 6.51. The van der Waals surface area contributed by atoms with E-state index in [1.807, 2.05) is 48.5 Å². The summed E-state index contributed by atoms with van der Waals surface area (Å²) in [5, 5.41) is 5.40. The summed E-state index contributed by atoms with van der Waals surface area (Å²) in [6, 6.07) is 15.2. The topological polar surface area (TPSA) is 85.7 Å². The molecule has 1 heterocycles. The predicted molar refractivity (Wildman–Crippen MR) is 109 cm³/mol. The molecule has 0 amide bonds. The fraction of sp³-hybridized carbons (Fsp3) is 0.238. The summed E-state index contributed by atoms with van der Waals surface area (Å²) in [6.07, 6.45) is 2.16. The molecule has 0 aliphatic carbocycles. The Bertz CT molecular complexity index is 966. The third kappa shape index (κ3) is 4.82. The molecule has 28 heavy (non-hydrogen) atoms. The Morgan fingerprint density at radius 2 is 1.86 bits per heavy atom. The van der Waals surface area contributed by atoms with Crippen molar-refractivity contribution in [1.29, 1.82) is 0 Å². The molecule has 3 aromatic rings. The molecule has 144 valence electrons. The molecule has 0 fully saturated rings. The minimum Gasteiger partial charge on any atom is -0.497 e. The van der Waals surface area contributed by atoms with E-state index >= 15 is 0 Å². The second-order valence-electron chi connectivity index (χ2n) is 5.94. The first-order chi connectivity index (χ1) is 13.7. The fourth-order valence-electron chi connectivity index (χ4n) is 2.72. The summed E-state index contributed by atoms with van der Waals surface area (Å²) in [4.78, 5) is 20.3. The van der Waals surface area contributed by atoms with Crippen LogP contribution in [0, 0.1) is 0 Å². The van der Waals surface area contributed by atoms with Crippen molar-refractivity contribution in [3.05, 3.63) is 60.4 Å². The number of para-hydroxylation sites is 1. The molecule has 7 heteroatoms. The van der Waals surface area contributed by atoms with E-state index in [0.29, 0.717) is 18.8 Å². The van der Waals surface area contributed by atoms with Gasteiger partial charge >= 0.3 is 5.97 Å². The van der Waals surface area contributed by atoms with Gasteiger partial charge < -0.3 is 9.47 Å². The van der Waals surface area contributed by atoms with Crippen LogP contribution in [0.4, 0.5) is 5.82 Å². The lowest BCUT2D eigenvalue weighted by Crippen LogP contribution is -2.11. The lowest BCUT2D eigenvalue weighted by molar-refractivity contribution is -0.142. The molecule has 0 radical (unpaired) electrons. The zero-order valence-electron chi connectivity index (χ0n) is 15.9. The zero-order chi connectivity index (χ0) is 19.8. The molecule has 1 aromatic heterocycles. The number of hydrogen-bond donors (Lipinski definition) is 1. The largest absolute Gasteiger partial charge is 0.497 e. The standard InChI is InChI=1S/C21H22N4O3/c1-3-28-20(26)13-12-18(15-8-10-16(27-2)11-9-15)24-25-21-17-6-4-5-7-19(17)22-14-23-21/h4-11,14H,3,12-13H2,1-2H3,(H,22,23,25)/b24-18-. The molecule has 3 rings (SSSR count). The van der Waals surface area contributed by atoms with E-state index < -0.39 is 0 Å². The van der Waals surface area contributed by atoms with Gasteiger partial charge in [-0.05, 0) is 48.9 Å². The highest BCUT2D eigenvalue weighted by Gasteiger charge is 2.10. The van der Waals surface area contributed by atoms with Gasteiger partial charge in [0.15, 0.2) is 5.82 Å². The van der Waals surface area contributed by atoms with Crippen molar-refractivity contribution in [2.75, 3.05) is 19.1 Å². The van der Waals surface area contributed by atoms with Crippen LogP contribution in [0.15, 0.2) is 60.0 Å². The Labute approximate surface area is 163 Å². The average molecular weight is 378 g/mol. The Morgan fingerprint density at radius 1 is 1.07 bits per heavy atom. The third-order valence-corrected chi connectivity index (χ3v) is 4.13. The second-order valence-corrected chi connectivity index (χ2v) is 5.94. The van der Waals surface area contributed by atoms with Crippen molar-refractivity contribution < 1.29 is 14.3 Å². The van der Waals surface area contributed by atoms with Crippen LogP contribution in [0.5, 0.6) is 5.75 Å². The Hall–Kier alpha value is -3.48. The van der Waals surface area contributed by atoms with Gasteiger partial charge in [0.25, 0.3) is 0 Å². The average Bonchev–Trinajstić information content (AvgIpc) is 2.74. The van der Waals surface area contributed by atoms with Gasteiger partial charge in [-0.25, -0.2) is 9.97 Å². The number of rotatable bonds is 8. The lowest BCUT2D eigenvalue weighted by Gasteiger charge is -2.10. The van der Waals surface area contributed by atoms with E-state index in [4.69, 9.17) is 9.47 Å². The molecular formula is C21H22N4O3. The number of fused-ring (bicyclic) bond motifs is 1. The normalized spacial score (nSPS) is 11.3. The van der Waals surface area contributed by atoms with Crippen LogP contribution in [-0.2, 0) is 9.53 Å². The third-order valence-electron chi connectivity index (χ3n) is 4.13. The van der Waals surface area contributed by atoms with E-state index in [1.54, 1.807) is 14.0 Å². The molecule has 0 spiro atoms. The van der Waals surface area contributed by atoms with Crippen molar-refractivity contribution in [2.24, 2.45) is 5.10 Å². The fourth-order valence-corrected chi connectivity index (χ4v) is 2.72. The minimum absolute atomic E-state index is 0.241. The molecular weight excluding hydrogens is 356 g/mol. The van der Waals surface area contributed by atoms with E-state index in [2.05, 4.69) is 20.5 Å². The van der Waals surface area contributed by atoms with Crippen molar-refractivity contribution in [1.82, 2.24) is 9.97 Å². The number of nitrogens with one attached hydrogen (secondary N) is 1. The van der Waals surface area contributed by atoms with Crippen LogP contribution in [0.1, 0.15) is 25.3 Å². The number of carbonyl (C=O) groups is 1. The molecule has 7 nitrogen and oxygen atoms in total. The van der Waals surface area contributed by atoms with Gasteiger partial charge in [0.2, 0.25) is 0 Å². The van der Waals surface area contributed by atoms with Gasteiger partial charge in [-0.1, -0.05) is 12.1 Å². The number of hydrazone groups is 1. The second kappa shape index (κ2) is 9.45. The molecule has 0 aliphatic rings. The summed E-state index contributed by atoms with van der Waals surface area (Å²) in [5.41, 5.74) is 5.46. The number of benzene rings is 2. The monoisotopic (exact) mass is 378 g/mol. The number of ether oxygens (including phenoxy) is 2. The van der Waals surface area contributed by atoms with Gasteiger partial charge in [-0.2, -0.15) is 5.10 Å². The Morgan fingerprint density at radius 3 is 2.61 bits per heavy atom. The molecule has 2 aromatic carbocycles. The predicted octanol–water partition coefficient (Wildman–Crippen LogP) is 3.80. The number of methoxy groups -OCH3 is 1. The van der Waals surface area contributed by atoms with Crippen molar-refractivity contribution in [2.45, 2.75) is 19.8 Å². The maximum atomic E-state index is 11.8. The summed E-state index contributed by atoms with van der Waals surface area (Å²) < 4.78 is 10.2. The van der Waals surface area contributed by atoms with Gasteiger partial charge in [0.05, 0.1) is 31.4 Å². The van der Waals surface area contributed by atoms with Gasteiger partial charge in [0, 0.05) is 11.8 Å². The van der Waals surface area contributed by atoms with Crippen LogP contribution < -0.4 is 10.2 Å². The van der Waals surface area contributed by atoms with Gasteiger partial charge in [-0.3, -0.25) is 10.2 Å². The molecule has 1 N–H and O–H groups in total. The molecule has 0 bridgehead atoms. The first-order valence-corrected chi connectivity index (χ1v) is 9.03. The summed E-state index contributed by atoms with van der Waals surface area (Å²) in [7, 11) is 1.62. The zero-order valence-corrected chi connectivity index (χ0v) is 15.9. The molecule has 0 unspecified atom stereocenters. The highest BCUT2D eigenvalue weighted by atomic mass is 16.5. The highest BCUT2D eigenvalue weighted by molar-refractivity contribution is 6.02. The first-order valence-electron chi connectivity index (χ1n) is 9.03. The number of carbonyl (C=O) groups excluding carboxylic acids is 1. The van der Waals surface area contributed by atoms with Crippen LogP contribution in [0.2, 0.25) is 0 Å². The molecule has 0 aliphatic heterocycles. The molecule has 0 saturated carbocycles. The van der Waals surface area contributed by atoms with Gasteiger partial charge in [0.1, 0.15) is 12.1 Å². The van der Waals surface area contributed by atoms with Crippen molar-refractivity contribution >= 4 is 28.4 Å². The smallest absolute Gasteiger partial charge is 0.306 e. The number of esters is 1. The van der Waals surface area contributed by atoms with Crippen LogP contribution in [0.25, 0.3) is 10.9 Å². The van der Waals surface area contributed by atoms with Crippen molar-refractivity contribution in [3.63, 3.8) is 0 Å². The maximum Gasteiger partial charge on any atom is 0.306 e. The summed E-state index contributed by atoms with van der Waals surface area (Å²) >= 11 is 0. The van der Waals surface area contributed by atoms with Crippen LogP contribution in [-0.4, -0.2) is 35.4 Å². The summed E-state index contributed by atoms with van der Waals surface area (Å²) in [6.45, 7) is 2.15. The number of nitrogens with zero attached hydrogens (tertiary/aromatic N) is 3. The summed E-state index contributed by atoms with van der Waals surface area (Å²) in [5.74, 6) is 1.10. The highest BCUT2D eigenvalue weighted by Crippen LogP contribution is 2.19. The number of hydrogen-bond acceptors (Lipinski definition) is 7. The SMILES string of the molecule is CCOC(=O)CC/C(=N/Nc1ncnc2ccccc12)c1ccc(OC)cc1. The maximum absolute atomic E-state index is 11.8. The lowest BCUT2D eigenvalue weighted by atomic mass is 10.1. The van der Waals surface area contributed by atoms with Crippen molar-refractivity contribution in [3.8, 4) is 5.75 Å². The van der Waals surface area contributed by atoms with Crippen LogP contribution in [0.3, 0.4) is 0 Å². The minimum atomic E-state index is -0.254. The Balaban J connectivity index is 1.86. The quantitative estimate of drug-likeness (QED) is 0.365. The van der Waals surface area contributed by atoms with Crippen LogP contribution >= 0.6 is 0 Å². The first kappa shape index (κ1) is 19.3. The van der Waals surface area contributed by atoms with E-state index in [-0.39, 0.29) is 12.4 Å².